The molecular weight excluding hydrogens is 580 g/mol. The summed E-state index contributed by atoms with van der Waals surface area (Å²) in [6.07, 6.45) is 6.17. The molecule has 1 atom stereocenters. The topological polar surface area (TPSA) is 106 Å². The minimum atomic E-state index is -0.903. The van der Waals surface area contributed by atoms with Crippen LogP contribution in [0.5, 0.6) is 5.75 Å². The van der Waals surface area contributed by atoms with E-state index in [2.05, 4.69) is 22.1 Å². The Balaban J connectivity index is 1.47. The molecule has 1 N–H and O–H groups in total. The van der Waals surface area contributed by atoms with Crippen LogP contribution < -0.4 is 9.64 Å². The molecule has 0 saturated carbocycles. The highest BCUT2D eigenvalue weighted by atomic mass is 35.5. The van der Waals surface area contributed by atoms with Crippen molar-refractivity contribution in [3.63, 3.8) is 0 Å². The maximum atomic E-state index is 13.4. The number of halogens is 1. The summed E-state index contributed by atoms with van der Waals surface area (Å²) in [6.45, 7) is 2.74. The van der Waals surface area contributed by atoms with E-state index in [9.17, 15) is 14.7 Å². The number of Topliss-reactive ketones (excluding diaryl/α,β-unsaturated/α-hetero) is 1. The molecule has 8 nitrogen and oxygen atoms in total. The van der Waals surface area contributed by atoms with Gasteiger partial charge in [0.25, 0.3) is 5.78 Å². The standard InChI is InChI=1S/C30H27ClN4O4S2/c1-2-3-4-17-39-23-11-7-20(8-12-23)25-24(26(36)21-13-15-32-16-14-21)27(37)28(38)35(25)29-33-34-30(41-29)40-18-19-5-9-22(31)10-6-19/h5-16,25,36H,2-4,17-18H2,1H3/b26-24+. The molecule has 0 aliphatic carbocycles. The molecule has 0 spiro atoms. The first kappa shape index (κ1) is 28.8. The highest BCUT2D eigenvalue weighted by Gasteiger charge is 2.48. The maximum Gasteiger partial charge on any atom is 0.301 e. The van der Waals surface area contributed by atoms with Gasteiger partial charge in [0, 0.05) is 28.7 Å². The molecule has 1 unspecified atom stereocenters. The van der Waals surface area contributed by atoms with E-state index in [-0.39, 0.29) is 16.5 Å². The van der Waals surface area contributed by atoms with E-state index in [1.54, 1.807) is 36.4 Å². The Morgan fingerprint density at radius 3 is 2.46 bits per heavy atom. The van der Waals surface area contributed by atoms with Gasteiger partial charge in [-0.25, -0.2) is 0 Å². The second-order valence-corrected chi connectivity index (χ2v) is 11.9. The van der Waals surface area contributed by atoms with Crippen molar-refractivity contribution in [3.05, 3.63) is 100 Å². The van der Waals surface area contributed by atoms with Gasteiger partial charge in [-0.1, -0.05) is 78.7 Å². The molecule has 2 aromatic heterocycles. The first-order chi connectivity index (χ1) is 20.0. The lowest BCUT2D eigenvalue weighted by Gasteiger charge is -2.22. The molecule has 210 valence electrons. The Morgan fingerprint density at radius 2 is 1.76 bits per heavy atom. The van der Waals surface area contributed by atoms with Gasteiger partial charge in [-0.15, -0.1) is 10.2 Å². The van der Waals surface area contributed by atoms with Gasteiger partial charge >= 0.3 is 5.91 Å². The first-order valence-electron chi connectivity index (χ1n) is 13.1. The summed E-state index contributed by atoms with van der Waals surface area (Å²) in [5, 5.41) is 20.7. The summed E-state index contributed by atoms with van der Waals surface area (Å²) >= 11 is 8.67. The lowest BCUT2D eigenvalue weighted by molar-refractivity contribution is -0.132. The van der Waals surface area contributed by atoms with Crippen molar-refractivity contribution in [2.24, 2.45) is 0 Å². The molecule has 3 heterocycles. The number of amides is 1. The number of thioether (sulfide) groups is 1. The molecule has 41 heavy (non-hydrogen) atoms. The van der Waals surface area contributed by atoms with Crippen molar-refractivity contribution in [2.75, 3.05) is 11.5 Å². The van der Waals surface area contributed by atoms with Gasteiger partial charge in [0.2, 0.25) is 5.13 Å². The molecule has 1 amide bonds. The Hall–Kier alpha value is -3.73. The highest BCUT2D eigenvalue weighted by Crippen LogP contribution is 2.44. The maximum absolute atomic E-state index is 13.4. The van der Waals surface area contributed by atoms with Crippen molar-refractivity contribution in [3.8, 4) is 5.75 Å². The number of aromatic nitrogens is 3. The normalized spacial score (nSPS) is 16.3. The highest BCUT2D eigenvalue weighted by molar-refractivity contribution is 8.00. The second-order valence-electron chi connectivity index (χ2n) is 9.30. The van der Waals surface area contributed by atoms with Crippen molar-refractivity contribution >= 4 is 57.3 Å². The molecular formula is C30H27ClN4O4S2. The van der Waals surface area contributed by atoms with Gasteiger partial charge in [0.15, 0.2) is 4.34 Å². The number of pyridine rings is 1. The van der Waals surface area contributed by atoms with E-state index in [0.29, 0.717) is 38.6 Å². The van der Waals surface area contributed by atoms with Gasteiger partial charge in [-0.3, -0.25) is 19.5 Å². The smallest absolute Gasteiger partial charge is 0.301 e. The molecule has 0 bridgehead atoms. The third-order valence-electron chi connectivity index (χ3n) is 6.49. The number of aliphatic hydroxyl groups excluding tert-OH is 1. The number of unbranched alkanes of at least 4 members (excludes halogenated alkanes) is 2. The van der Waals surface area contributed by atoms with Crippen LogP contribution in [0.25, 0.3) is 5.76 Å². The third-order valence-corrected chi connectivity index (χ3v) is 8.87. The SMILES string of the molecule is CCCCCOc1ccc(C2/C(=C(\O)c3ccncc3)C(=O)C(=O)N2c2nnc(SCc3ccc(Cl)cc3)s2)cc1. The minimum absolute atomic E-state index is 0.0246. The largest absolute Gasteiger partial charge is 0.507 e. The van der Waals surface area contributed by atoms with Gasteiger partial charge < -0.3 is 9.84 Å². The number of anilines is 1. The van der Waals surface area contributed by atoms with Gasteiger partial charge in [0.05, 0.1) is 18.2 Å². The van der Waals surface area contributed by atoms with Crippen LogP contribution >= 0.6 is 34.7 Å². The number of ether oxygens (including phenoxy) is 1. The van der Waals surface area contributed by atoms with Gasteiger partial charge in [-0.05, 0) is 53.9 Å². The van der Waals surface area contributed by atoms with E-state index in [4.69, 9.17) is 16.3 Å². The Morgan fingerprint density at radius 1 is 1.02 bits per heavy atom. The predicted octanol–water partition coefficient (Wildman–Crippen LogP) is 7.07. The number of hydrogen-bond acceptors (Lipinski definition) is 9. The van der Waals surface area contributed by atoms with Crippen molar-refractivity contribution in [1.82, 2.24) is 15.2 Å². The van der Waals surface area contributed by atoms with E-state index in [0.717, 1.165) is 24.8 Å². The number of ketones is 1. The van der Waals surface area contributed by atoms with E-state index >= 15 is 0 Å². The number of carbonyl (C=O) groups excluding carboxylic acids is 2. The van der Waals surface area contributed by atoms with E-state index in [1.807, 2.05) is 24.3 Å². The molecule has 1 fully saturated rings. The fraction of sp³-hybridized carbons (Fsp3) is 0.233. The van der Waals surface area contributed by atoms with Crippen molar-refractivity contribution < 1.29 is 19.4 Å². The number of benzene rings is 2. The summed E-state index contributed by atoms with van der Waals surface area (Å²) < 4.78 is 6.49. The van der Waals surface area contributed by atoms with Gasteiger partial charge in [-0.2, -0.15) is 0 Å². The minimum Gasteiger partial charge on any atom is -0.507 e. The molecule has 1 aliphatic heterocycles. The summed E-state index contributed by atoms with van der Waals surface area (Å²) in [4.78, 5) is 32.1. The molecule has 1 aliphatic rings. The summed E-state index contributed by atoms with van der Waals surface area (Å²) in [6, 6.07) is 17.0. The molecule has 11 heteroatoms. The van der Waals surface area contributed by atoms with Crippen molar-refractivity contribution in [2.45, 2.75) is 42.3 Å². The number of carbonyl (C=O) groups is 2. The zero-order chi connectivity index (χ0) is 28.8. The lowest BCUT2D eigenvalue weighted by atomic mass is 9.95. The van der Waals surface area contributed by atoms with E-state index < -0.39 is 17.7 Å². The number of rotatable bonds is 11. The van der Waals surface area contributed by atoms with Crippen LogP contribution in [0.15, 0.2) is 83.0 Å². The third kappa shape index (κ3) is 6.61. The molecule has 1 saturated heterocycles. The fourth-order valence-corrected chi connectivity index (χ4v) is 6.33. The fourth-order valence-electron chi connectivity index (χ4n) is 4.38. The van der Waals surface area contributed by atoms with E-state index in [1.165, 1.54) is 40.4 Å². The molecule has 2 aromatic carbocycles. The Labute approximate surface area is 251 Å². The quantitative estimate of drug-likeness (QED) is 0.0482. The van der Waals surface area contributed by atoms with Crippen LogP contribution in [0.2, 0.25) is 5.02 Å². The van der Waals surface area contributed by atoms with Crippen LogP contribution in [-0.4, -0.2) is 38.6 Å². The lowest BCUT2D eigenvalue weighted by Crippen LogP contribution is -2.29. The molecule has 4 aromatic rings. The number of aliphatic hydroxyl groups is 1. The number of hydrogen-bond donors (Lipinski definition) is 1. The van der Waals surface area contributed by atoms with Crippen LogP contribution in [0.4, 0.5) is 5.13 Å². The van der Waals surface area contributed by atoms with Crippen LogP contribution in [-0.2, 0) is 15.3 Å². The second kappa shape index (κ2) is 13.3. The zero-order valence-electron chi connectivity index (χ0n) is 22.2. The van der Waals surface area contributed by atoms with Gasteiger partial charge in [0.1, 0.15) is 11.5 Å². The Bertz CT molecular complexity index is 1540. The van der Waals surface area contributed by atoms with Crippen LogP contribution in [0.1, 0.15) is 48.9 Å². The molecule has 0 radical (unpaired) electrons. The molecule has 5 rings (SSSR count). The summed E-state index contributed by atoms with van der Waals surface area (Å²) in [7, 11) is 0. The number of nitrogens with zero attached hydrogens (tertiary/aromatic N) is 4. The van der Waals surface area contributed by atoms with Crippen LogP contribution in [0, 0.1) is 0 Å². The van der Waals surface area contributed by atoms with Crippen LogP contribution in [0.3, 0.4) is 0 Å². The average molecular weight is 607 g/mol. The zero-order valence-corrected chi connectivity index (χ0v) is 24.6. The average Bonchev–Trinajstić information content (AvgIpc) is 3.57. The Kier molecular flexibility index (Phi) is 9.33. The summed E-state index contributed by atoms with van der Waals surface area (Å²) in [5.74, 6) is -0.533. The monoisotopic (exact) mass is 606 g/mol. The van der Waals surface area contributed by atoms with Crippen molar-refractivity contribution in [1.29, 1.82) is 0 Å². The predicted molar refractivity (Wildman–Crippen MR) is 161 cm³/mol. The first-order valence-corrected chi connectivity index (χ1v) is 15.3. The summed E-state index contributed by atoms with van der Waals surface area (Å²) in [5.41, 5.74) is 2.05.